The monoisotopic (exact) mass is 543 g/mol. The van der Waals surface area contributed by atoms with Crippen LogP contribution in [0, 0.1) is 5.92 Å². The van der Waals surface area contributed by atoms with Crippen LogP contribution in [0.1, 0.15) is 77.3 Å². The van der Waals surface area contributed by atoms with E-state index < -0.39 is 15.4 Å². The summed E-state index contributed by atoms with van der Waals surface area (Å²) < 4.78 is 29.7. The van der Waals surface area contributed by atoms with E-state index in [-0.39, 0.29) is 41.0 Å². The van der Waals surface area contributed by atoms with Gasteiger partial charge in [-0.05, 0) is 64.7 Å². The Morgan fingerprint density at radius 3 is 2.63 bits per heavy atom. The average molecular weight is 544 g/mol. The summed E-state index contributed by atoms with van der Waals surface area (Å²) in [4.78, 5) is 25.0. The summed E-state index contributed by atoms with van der Waals surface area (Å²) in [5, 5.41) is 17.9. The van der Waals surface area contributed by atoms with Crippen LogP contribution in [0.25, 0.3) is 0 Å². The fourth-order valence-electron chi connectivity index (χ4n) is 6.32. The fourth-order valence-corrected chi connectivity index (χ4v) is 7.81. The molecule has 1 amide bonds. The van der Waals surface area contributed by atoms with Crippen LogP contribution in [0.2, 0.25) is 0 Å². The third kappa shape index (κ3) is 4.21. The first-order valence-electron chi connectivity index (χ1n) is 13.8. The molecule has 2 saturated carbocycles. The van der Waals surface area contributed by atoms with E-state index >= 15 is 0 Å². The van der Waals surface area contributed by atoms with Crippen LogP contribution in [0.4, 0.5) is 11.8 Å². The molecule has 2 N–H and O–H groups in total. The van der Waals surface area contributed by atoms with Crippen molar-refractivity contribution in [2.45, 2.75) is 100 Å². The number of amides is 1. The molecule has 1 spiro atoms. The summed E-state index contributed by atoms with van der Waals surface area (Å²) in [5.74, 6) is 1.27. The number of hydrogen-bond donors (Lipinski definition) is 2. The van der Waals surface area contributed by atoms with Crippen LogP contribution >= 0.6 is 0 Å². The maximum absolute atomic E-state index is 13.5. The van der Waals surface area contributed by atoms with Crippen molar-refractivity contribution in [3.05, 3.63) is 24.2 Å². The third-order valence-corrected chi connectivity index (χ3v) is 10.6. The van der Waals surface area contributed by atoms with E-state index in [1.165, 1.54) is 10.5 Å². The summed E-state index contributed by atoms with van der Waals surface area (Å²) in [6.07, 6.45) is 9.80. The quantitative estimate of drug-likeness (QED) is 0.568. The maximum atomic E-state index is 13.5. The molecule has 38 heavy (non-hydrogen) atoms. The number of sulfonamides is 1. The maximum Gasteiger partial charge on any atom is 0.246 e. The van der Waals surface area contributed by atoms with Gasteiger partial charge in [0.15, 0.2) is 0 Å². The highest BCUT2D eigenvalue weighted by molar-refractivity contribution is 7.89. The molecule has 4 atom stereocenters. The Morgan fingerprint density at radius 2 is 1.97 bits per heavy atom. The highest BCUT2D eigenvalue weighted by Gasteiger charge is 2.61. The second-order valence-corrected chi connectivity index (χ2v) is 13.7. The van der Waals surface area contributed by atoms with Gasteiger partial charge in [-0.1, -0.05) is 6.92 Å². The van der Waals surface area contributed by atoms with Gasteiger partial charge >= 0.3 is 0 Å². The lowest BCUT2D eigenvalue weighted by Gasteiger charge is -2.36. The predicted molar refractivity (Wildman–Crippen MR) is 141 cm³/mol. The van der Waals surface area contributed by atoms with Gasteiger partial charge in [0.2, 0.25) is 21.9 Å². The molecule has 2 aromatic rings. The van der Waals surface area contributed by atoms with Crippen molar-refractivity contribution in [1.29, 1.82) is 0 Å². The number of aromatic nitrogens is 4. The predicted octanol–water partition coefficient (Wildman–Crippen LogP) is 2.45. The van der Waals surface area contributed by atoms with Crippen molar-refractivity contribution in [3.8, 4) is 0 Å². The standard InChI is InChI=1S/C26H37N7O4S/c1-16(2)32-15-20(12-28-32)38(36,37)31-10-7-22(17(3)14-31)29-25-27-13-21-23(30-25)33(24(35)26(21)8-9-26)18-5-4-6-19(34)11-18/h12-13,15-19,22,34H,4-11,14H2,1-3H3,(H,27,29,30)/t17-,18-,19-,22+/m1/s1. The molecule has 2 aliphatic heterocycles. The summed E-state index contributed by atoms with van der Waals surface area (Å²) in [7, 11) is -3.62. The van der Waals surface area contributed by atoms with Crippen LogP contribution in [-0.4, -0.2) is 74.8 Å². The zero-order valence-corrected chi connectivity index (χ0v) is 23.1. The second kappa shape index (κ2) is 9.27. The van der Waals surface area contributed by atoms with Crippen molar-refractivity contribution >= 4 is 27.7 Å². The zero-order valence-electron chi connectivity index (χ0n) is 22.2. The lowest BCUT2D eigenvalue weighted by atomic mass is 9.92. The lowest BCUT2D eigenvalue weighted by Crippen LogP contribution is -2.47. The van der Waals surface area contributed by atoms with E-state index in [2.05, 4.69) is 15.4 Å². The van der Waals surface area contributed by atoms with E-state index in [1.807, 2.05) is 25.7 Å². The van der Waals surface area contributed by atoms with Crippen molar-refractivity contribution < 1.29 is 18.3 Å². The summed E-state index contributed by atoms with van der Waals surface area (Å²) >= 11 is 0. The normalized spacial score (nSPS) is 29.2. The average Bonchev–Trinajstić information content (AvgIpc) is 3.44. The van der Waals surface area contributed by atoms with Crippen LogP contribution in [0.5, 0.6) is 0 Å². The molecular weight excluding hydrogens is 506 g/mol. The minimum absolute atomic E-state index is 0.00479. The van der Waals surface area contributed by atoms with E-state index in [9.17, 15) is 18.3 Å². The van der Waals surface area contributed by atoms with Crippen molar-refractivity contribution in [2.75, 3.05) is 23.3 Å². The van der Waals surface area contributed by atoms with E-state index in [1.54, 1.807) is 17.1 Å². The Bertz CT molecular complexity index is 1340. The number of aliphatic hydroxyl groups is 1. The van der Waals surface area contributed by atoms with Crippen molar-refractivity contribution in [2.24, 2.45) is 5.92 Å². The molecule has 0 bridgehead atoms. The van der Waals surface area contributed by atoms with Gasteiger partial charge < -0.3 is 10.4 Å². The van der Waals surface area contributed by atoms with Crippen molar-refractivity contribution in [1.82, 2.24) is 24.1 Å². The molecule has 12 heteroatoms. The molecule has 4 heterocycles. The van der Waals surface area contributed by atoms with Crippen LogP contribution in [0.15, 0.2) is 23.5 Å². The molecule has 0 unspecified atom stereocenters. The van der Waals surface area contributed by atoms with Gasteiger partial charge in [-0.15, -0.1) is 0 Å². The lowest BCUT2D eigenvalue weighted by molar-refractivity contribution is -0.121. The molecule has 2 aliphatic carbocycles. The first kappa shape index (κ1) is 25.7. The molecule has 206 valence electrons. The Labute approximate surface area is 223 Å². The Morgan fingerprint density at radius 1 is 1.18 bits per heavy atom. The number of aliphatic hydroxyl groups excluding tert-OH is 1. The molecule has 3 fully saturated rings. The number of carbonyl (C=O) groups is 1. The van der Waals surface area contributed by atoms with Gasteiger partial charge in [0, 0.05) is 49.2 Å². The second-order valence-electron chi connectivity index (χ2n) is 11.8. The van der Waals surface area contributed by atoms with E-state index in [0.717, 1.165) is 37.7 Å². The minimum atomic E-state index is -3.62. The first-order chi connectivity index (χ1) is 18.1. The molecule has 0 aromatic carbocycles. The largest absolute Gasteiger partial charge is 0.393 e. The zero-order chi connectivity index (χ0) is 26.8. The molecule has 11 nitrogen and oxygen atoms in total. The van der Waals surface area contributed by atoms with Gasteiger partial charge in [-0.2, -0.15) is 14.4 Å². The molecule has 6 rings (SSSR count). The molecule has 1 saturated heterocycles. The minimum Gasteiger partial charge on any atom is -0.393 e. The van der Waals surface area contributed by atoms with Gasteiger partial charge in [-0.25, -0.2) is 13.4 Å². The molecular formula is C26H37N7O4S. The number of rotatable bonds is 6. The Balaban J connectivity index is 1.18. The van der Waals surface area contributed by atoms with Crippen LogP contribution in [-0.2, 0) is 20.2 Å². The van der Waals surface area contributed by atoms with Gasteiger partial charge in [0.05, 0.1) is 17.7 Å². The number of piperidine rings is 1. The van der Waals surface area contributed by atoms with Crippen LogP contribution in [0.3, 0.4) is 0 Å². The Kier molecular flexibility index (Phi) is 6.27. The number of nitrogens with one attached hydrogen (secondary N) is 1. The SMILES string of the molecule is CC(C)n1cc(S(=O)(=O)N2CC[C@H](Nc3ncc4c(n3)N([C@@H]3CCC[C@@H](O)C3)C(=O)C43CC3)[C@H](C)C2)cn1. The first-order valence-corrected chi connectivity index (χ1v) is 15.2. The molecule has 2 aromatic heterocycles. The third-order valence-electron chi connectivity index (χ3n) is 8.80. The van der Waals surface area contributed by atoms with Gasteiger partial charge in [0.25, 0.3) is 0 Å². The smallest absolute Gasteiger partial charge is 0.246 e. The number of fused-ring (bicyclic) bond motifs is 2. The topological polar surface area (TPSA) is 134 Å². The number of nitrogens with zero attached hydrogens (tertiary/aromatic N) is 6. The highest BCUT2D eigenvalue weighted by Crippen LogP contribution is 2.57. The highest BCUT2D eigenvalue weighted by atomic mass is 32.2. The van der Waals surface area contributed by atoms with E-state index in [0.29, 0.717) is 37.7 Å². The van der Waals surface area contributed by atoms with Crippen LogP contribution < -0.4 is 10.2 Å². The van der Waals surface area contributed by atoms with E-state index in [4.69, 9.17) is 4.98 Å². The number of carbonyl (C=O) groups excluding carboxylic acids is 1. The molecule has 4 aliphatic rings. The summed E-state index contributed by atoms with van der Waals surface area (Å²) in [6, 6.07) is 0.0410. The van der Waals surface area contributed by atoms with Crippen molar-refractivity contribution in [3.63, 3.8) is 0 Å². The Hall–Kier alpha value is -2.57. The number of anilines is 2. The number of hydrogen-bond acceptors (Lipinski definition) is 8. The summed E-state index contributed by atoms with van der Waals surface area (Å²) in [6.45, 7) is 6.72. The molecule has 0 radical (unpaired) electrons. The van der Waals surface area contributed by atoms with Gasteiger partial charge in [0.1, 0.15) is 10.7 Å². The fraction of sp³-hybridized carbons (Fsp3) is 0.692. The van der Waals surface area contributed by atoms with Gasteiger partial charge in [-0.3, -0.25) is 14.4 Å². The summed E-state index contributed by atoms with van der Waals surface area (Å²) in [5.41, 5.74) is 0.427.